The van der Waals surface area contributed by atoms with E-state index in [0.29, 0.717) is 0 Å². The highest BCUT2D eigenvalue weighted by Crippen LogP contribution is 2.18. The van der Waals surface area contributed by atoms with E-state index in [1.807, 2.05) is 12.1 Å². The van der Waals surface area contributed by atoms with Crippen molar-refractivity contribution in [3.05, 3.63) is 58.0 Å². The first-order valence-corrected chi connectivity index (χ1v) is 6.03. The molecule has 0 saturated heterocycles. The summed E-state index contributed by atoms with van der Waals surface area (Å²) >= 11 is 3.56. The summed E-state index contributed by atoms with van der Waals surface area (Å²) < 4.78 is 6.40. The second-order valence-electron chi connectivity index (χ2n) is 3.78. The van der Waals surface area contributed by atoms with Gasteiger partial charge in [-0.15, -0.1) is 0 Å². The molecule has 2 aromatic rings. The van der Waals surface area contributed by atoms with Crippen LogP contribution in [0.5, 0.6) is 0 Å². The highest BCUT2D eigenvalue weighted by molar-refractivity contribution is 9.10. The lowest BCUT2D eigenvalue weighted by atomic mass is 10.1. The Hall–Kier alpha value is -1.06. The van der Waals surface area contributed by atoms with Crippen molar-refractivity contribution in [2.75, 3.05) is 0 Å². The van der Waals surface area contributed by atoms with E-state index in [1.54, 1.807) is 6.26 Å². The number of benzene rings is 1. The Kier molecular flexibility index (Phi) is 3.80. The average molecular weight is 280 g/mol. The minimum atomic E-state index is 0.757. The van der Waals surface area contributed by atoms with Gasteiger partial charge >= 0.3 is 0 Å². The predicted octanol–water partition coefficient (Wildman–Crippen LogP) is 3.64. The fourth-order valence-electron chi connectivity index (χ4n) is 1.53. The fraction of sp³-hybridized carbons (Fsp3) is 0.231. The summed E-state index contributed by atoms with van der Waals surface area (Å²) in [5, 5.41) is 3.34. The van der Waals surface area contributed by atoms with E-state index in [1.165, 1.54) is 11.1 Å². The van der Waals surface area contributed by atoms with Crippen molar-refractivity contribution < 1.29 is 4.42 Å². The van der Waals surface area contributed by atoms with Gasteiger partial charge in [0.25, 0.3) is 0 Å². The van der Waals surface area contributed by atoms with Crippen LogP contribution in [0.4, 0.5) is 0 Å². The molecule has 2 nitrogen and oxygen atoms in total. The van der Waals surface area contributed by atoms with Gasteiger partial charge in [-0.05, 0) is 36.2 Å². The molecule has 16 heavy (non-hydrogen) atoms. The fourth-order valence-corrected chi connectivity index (χ4v) is 2.16. The number of nitrogens with one attached hydrogen (secondary N) is 1. The minimum Gasteiger partial charge on any atom is -0.468 e. The summed E-state index contributed by atoms with van der Waals surface area (Å²) in [6.07, 6.45) is 1.69. The summed E-state index contributed by atoms with van der Waals surface area (Å²) in [5.41, 5.74) is 2.53. The molecule has 1 heterocycles. The lowest BCUT2D eigenvalue weighted by Gasteiger charge is -2.06. The average Bonchev–Trinajstić information content (AvgIpc) is 2.74. The van der Waals surface area contributed by atoms with Crippen molar-refractivity contribution in [3.8, 4) is 0 Å². The van der Waals surface area contributed by atoms with Gasteiger partial charge < -0.3 is 9.73 Å². The largest absolute Gasteiger partial charge is 0.468 e. The molecule has 0 atom stereocenters. The number of rotatable bonds is 4. The highest BCUT2D eigenvalue weighted by atomic mass is 79.9. The monoisotopic (exact) mass is 279 g/mol. The van der Waals surface area contributed by atoms with Crippen LogP contribution >= 0.6 is 15.9 Å². The Morgan fingerprint density at radius 1 is 1.25 bits per heavy atom. The van der Waals surface area contributed by atoms with Crippen LogP contribution in [-0.4, -0.2) is 0 Å². The summed E-state index contributed by atoms with van der Waals surface area (Å²) in [6.45, 7) is 3.68. The number of hydrogen-bond donors (Lipinski definition) is 1. The number of halogens is 1. The Morgan fingerprint density at radius 2 is 2.12 bits per heavy atom. The quantitative estimate of drug-likeness (QED) is 0.925. The first kappa shape index (κ1) is 11.4. The topological polar surface area (TPSA) is 25.2 Å². The molecule has 0 aliphatic rings. The molecule has 1 aromatic heterocycles. The molecule has 84 valence electrons. The Bertz CT molecular complexity index is 451. The molecule has 2 rings (SSSR count). The number of aryl methyl sites for hydroxylation is 1. The molecule has 0 saturated carbocycles. The van der Waals surface area contributed by atoms with Gasteiger partial charge in [-0.3, -0.25) is 0 Å². The second kappa shape index (κ2) is 5.32. The molecule has 0 bridgehead atoms. The molecule has 0 radical (unpaired) electrons. The van der Waals surface area contributed by atoms with Gasteiger partial charge in [0, 0.05) is 11.0 Å². The van der Waals surface area contributed by atoms with Crippen LogP contribution in [0.25, 0.3) is 0 Å². The normalized spacial score (nSPS) is 10.6. The van der Waals surface area contributed by atoms with E-state index < -0.39 is 0 Å². The van der Waals surface area contributed by atoms with Crippen LogP contribution in [-0.2, 0) is 13.1 Å². The van der Waals surface area contributed by atoms with E-state index in [0.717, 1.165) is 23.3 Å². The summed E-state index contributed by atoms with van der Waals surface area (Å²) in [5.74, 6) is 0.961. The maximum atomic E-state index is 5.25. The van der Waals surface area contributed by atoms with Crippen LogP contribution in [0, 0.1) is 6.92 Å². The van der Waals surface area contributed by atoms with Gasteiger partial charge in [0.1, 0.15) is 5.76 Å². The summed E-state index contributed by atoms with van der Waals surface area (Å²) in [6, 6.07) is 10.3. The van der Waals surface area contributed by atoms with Gasteiger partial charge in [0.2, 0.25) is 0 Å². The van der Waals surface area contributed by atoms with E-state index in [2.05, 4.69) is 46.4 Å². The molecule has 0 spiro atoms. The van der Waals surface area contributed by atoms with E-state index >= 15 is 0 Å². The third-order valence-electron chi connectivity index (χ3n) is 2.40. The van der Waals surface area contributed by atoms with Crippen LogP contribution in [0.15, 0.2) is 45.5 Å². The van der Waals surface area contributed by atoms with Crippen molar-refractivity contribution in [2.24, 2.45) is 0 Å². The van der Waals surface area contributed by atoms with Crippen molar-refractivity contribution >= 4 is 15.9 Å². The first-order chi connectivity index (χ1) is 7.75. The van der Waals surface area contributed by atoms with Crippen molar-refractivity contribution in [3.63, 3.8) is 0 Å². The zero-order valence-corrected chi connectivity index (χ0v) is 10.8. The molecule has 3 heteroatoms. The standard InChI is InChI=1S/C13H14BrNO/c1-10-4-5-11(13(14)7-10)8-15-9-12-3-2-6-16-12/h2-7,15H,8-9H2,1H3. The lowest BCUT2D eigenvalue weighted by Crippen LogP contribution is -2.12. The van der Waals surface area contributed by atoms with Crippen molar-refractivity contribution in [1.82, 2.24) is 5.32 Å². The van der Waals surface area contributed by atoms with Crippen molar-refractivity contribution in [1.29, 1.82) is 0 Å². The molecule has 0 aliphatic carbocycles. The maximum Gasteiger partial charge on any atom is 0.117 e. The predicted molar refractivity (Wildman–Crippen MR) is 68.1 cm³/mol. The Balaban J connectivity index is 1.90. The second-order valence-corrected chi connectivity index (χ2v) is 4.63. The minimum absolute atomic E-state index is 0.757. The summed E-state index contributed by atoms with van der Waals surface area (Å²) in [4.78, 5) is 0. The molecular weight excluding hydrogens is 266 g/mol. The van der Waals surface area contributed by atoms with Crippen molar-refractivity contribution in [2.45, 2.75) is 20.0 Å². The zero-order chi connectivity index (χ0) is 11.4. The number of hydrogen-bond acceptors (Lipinski definition) is 2. The van der Waals surface area contributed by atoms with Crippen LogP contribution < -0.4 is 5.32 Å². The molecule has 0 amide bonds. The van der Waals surface area contributed by atoms with Crippen LogP contribution in [0.3, 0.4) is 0 Å². The molecular formula is C13H14BrNO. The molecule has 0 fully saturated rings. The van der Waals surface area contributed by atoms with Crippen LogP contribution in [0.1, 0.15) is 16.9 Å². The first-order valence-electron chi connectivity index (χ1n) is 5.24. The number of furan rings is 1. The van der Waals surface area contributed by atoms with Gasteiger partial charge in [-0.2, -0.15) is 0 Å². The smallest absolute Gasteiger partial charge is 0.117 e. The van der Waals surface area contributed by atoms with Gasteiger partial charge in [0.05, 0.1) is 12.8 Å². The molecule has 0 unspecified atom stereocenters. The molecule has 1 aromatic carbocycles. The highest BCUT2D eigenvalue weighted by Gasteiger charge is 2.00. The third-order valence-corrected chi connectivity index (χ3v) is 3.14. The van der Waals surface area contributed by atoms with Gasteiger partial charge in [-0.25, -0.2) is 0 Å². The Morgan fingerprint density at radius 3 is 2.81 bits per heavy atom. The van der Waals surface area contributed by atoms with E-state index in [-0.39, 0.29) is 0 Å². The van der Waals surface area contributed by atoms with E-state index in [4.69, 9.17) is 4.42 Å². The van der Waals surface area contributed by atoms with E-state index in [9.17, 15) is 0 Å². The SMILES string of the molecule is Cc1ccc(CNCc2ccco2)c(Br)c1. The van der Waals surface area contributed by atoms with Gasteiger partial charge in [0.15, 0.2) is 0 Å². The van der Waals surface area contributed by atoms with Gasteiger partial charge in [-0.1, -0.05) is 28.1 Å². The maximum absolute atomic E-state index is 5.25. The molecule has 0 aliphatic heterocycles. The van der Waals surface area contributed by atoms with Crippen LogP contribution in [0.2, 0.25) is 0 Å². The zero-order valence-electron chi connectivity index (χ0n) is 9.16. The third kappa shape index (κ3) is 2.97. The lowest BCUT2D eigenvalue weighted by molar-refractivity contribution is 0.483. The molecule has 1 N–H and O–H groups in total. The Labute approximate surface area is 104 Å². The summed E-state index contributed by atoms with van der Waals surface area (Å²) in [7, 11) is 0.